The second kappa shape index (κ2) is 5.62. The first kappa shape index (κ1) is 13.7. The quantitative estimate of drug-likeness (QED) is 0.641. The van der Waals surface area contributed by atoms with Crippen LogP contribution in [-0.2, 0) is 0 Å². The monoisotopic (exact) mass is 276 g/mol. The molecule has 0 aromatic heterocycles. The maximum atomic E-state index is 5.86. The molecule has 3 N–H and O–H groups in total. The van der Waals surface area contributed by atoms with Crippen LogP contribution in [0.4, 0.5) is 0 Å². The van der Waals surface area contributed by atoms with E-state index in [-0.39, 0.29) is 6.04 Å². The summed E-state index contributed by atoms with van der Waals surface area (Å²) >= 11 is 0. The number of benzene rings is 1. The van der Waals surface area contributed by atoms with Crippen molar-refractivity contribution in [3.63, 3.8) is 0 Å². The lowest BCUT2D eigenvalue weighted by atomic mass is 9.99. The van der Waals surface area contributed by atoms with E-state index < -0.39 is 0 Å². The molecule has 3 atom stereocenters. The molecule has 0 spiro atoms. The van der Waals surface area contributed by atoms with Crippen LogP contribution in [0.15, 0.2) is 18.2 Å². The van der Waals surface area contributed by atoms with Gasteiger partial charge in [-0.2, -0.15) is 0 Å². The summed E-state index contributed by atoms with van der Waals surface area (Å²) in [7, 11) is 3.37. The Morgan fingerprint density at radius 2 is 1.85 bits per heavy atom. The topological polar surface area (TPSA) is 56.5 Å². The Morgan fingerprint density at radius 3 is 2.40 bits per heavy atom. The highest BCUT2D eigenvalue weighted by Crippen LogP contribution is 2.60. The Balaban J connectivity index is 1.86. The number of ether oxygens (including phenoxy) is 2. The van der Waals surface area contributed by atoms with Crippen LogP contribution in [0.1, 0.15) is 37.3 Å². The van der Waals surface area contributed by atoms with E-state index >= 15 is 0 Å². The summed E-state index contributed by atoms with van der Waals surface area (Å²) in [6.45, 7) is 0. The lowest BCUT2D eigenvalue weighted by molar-refractivity contribution is 0.375. The van der Waals surface area contributed by atoms with Gasteiger partial charge in [-0.1, -0.05) is 18.9 Å². The Kier molecular flexibility index (Phi) is 3.85. The summed E-state index contributed by atoms with van der Waals surface area (Å²) in [6, 6.07) is 6.18. The zero-order chi connectivity index (χ0) is 14.1. The van der Waals surface area contributed by atoms with Gasteiger partial charge in [0.1, 0.15) is 11.5 Å². The molecule has 0 amide bonds. The van der Waals surface area contributed by atoms with Gasteiger partial charge in [0.25, 0.3) is 0 Å². The maximum absolute atomic E-state index is 5.86. The van der Waals surface area contributed by atoms with Crippen molar-refractivity contribution in [1.29, 1.82) is 0 Å². The van der Waals surface area contributed by atoms with Gasteiger partial charge in [0.15, 0.2) is 0 Å². The van der Waals surface area contributed by atoms with E-state index in [1.165, 1.54) is 25.7 Å². The van der Waals surface area contributed by atoms with Gasteiger partial charge in [-0.3, -0.25) is 11.3 Å². The Labute approximate surface area is 120 Å². The minimum Gasteiger partial charge on any atom is -0.497 e. The molecule has 0 radical (unpaired) electrons. The van der Waals surface area contributed by atoms with Crippen LogP contribution in [0.5, 0.6) is 11.5 Å². The lowest BCUT2D eigenvalue weighted by Crippen LogP contribution is -2.30. The molecule has 2 fully saturated rings. The molecule has 20 heavy (non-hydrogen) atoms. The van der Waals surface area contributed by atoms with Crippen molar-refractivity contribution >= 4 is 0 Å². The van der Waals surface area contributed by atoms with Crippen molar-refractivity contribution in [2.75, 3.05) is 14.2 Å². The van der Waals surface area contributed by atoms with Gasteiger partial charge in [0.05, 0.1) is 20.3 Å². The Bertz CT molecular complexity index is 466. The molecule has 0 bridgehead atoms. The molecule has 0 heterocycles. The fourth-order valence-electron chi connectivity index (χ4n) is 4.03. The van der Waals surface area contributed by atoms with Crippen LogP contribution in [0.25, 0.3) is 0 Å². The maximum Gasteiger partial charge on any atom is 0.127 e. The van der Waals surface area contributed by atoms with Gasteiger partial charge in [0, 0.05) is 11.6 Å². The molecule has 3 rings (SSSR count). The first-order valence-corrected chi connectivity index (χ1v) is 7.48. The highest BCUT2D eigenvalue weighted by molar-refractivity contribution is 5.43. The molecule has 2 aliphatic carbocycles. The molecule has 2 saturated carbocycles. The van der Waals surface area contributed by atoms with Crippen molar-refractivity contribution < 1.29 is 9.47 Å². The Morgan fingerprint density at radius 1 is 1.15 bits per heavy atom. The Hall–Kier alpha value is -1.26. The minimum atomic E-state index is 0.184. The molecule has 2 aliphatic rings. The van der Waals surface area contributed by atoms with Gasteiger partial charge in [-0.05, 0) is 36.7 Å². The fraction of sp³-hybridized carbons (Fsp3) is 0.625. The predicted molar refractivity (Wildman–Crippen MR) is 78.5 cm³/mol. The molecular formula is C16H24N2O2. The SMILES string of the molecule is COc1ccc(C(NN)C2C3CCCCC32)c(OC)c1. The van der Waals surface area contributed by atoms with Gasteiger partial charge >= 0.3 is 0 Å². The molecule has 4 heteroatoms. The number of hydrogen-bond acceptors (Lipinski definition) is 4. The number of fused-ring (bicyclic) bond motifs is 1. The second-order valence-corrected chi connectivity index (χ2v) is 5.94. The smallest absolute Gasteiger partial charge is 0.127 e. The summed E-state index contributed by atoms with van der Waals surface area (Å²) in [6.07, 6.45) is 5.45. The highest BCUT2D eigenvalue weighted by Gasteiger charge is 2.54. The number of rotatable bonds is 5. The third-order valence-electron chi connectivity index (χ3n) is 5.06. The first-order valence-electron chi connectivity index (χ1n) is 7.48. The van der Waals surface area contributed by atoms with Crippen molar-refractivity contribution in [3.05, 3.63) is 23.8 Å². The van der Waals surface area contributed by atoms with E-state index in [1.807, 2.05) is 12.1 Å². The van der Waals surface area contributed by atoms with E-state index in [2.05, 4.69) is 11.5 Å². The largest absolute Gasteiger partial charge is 0.497 e. The predicted octanol–water partition coefficient (Wildman–Crippen LogP) is 2.64. The summed E-state index contributed by atoms with van der Waals surface area (Å²) < 4.78 is 10.8. The molecule has 0 saturated heterocycles. The number of hydrazine groups is 1. The lowest BCUT2D eigenvalue weighted by Gasteiger charge is -2.20. The van der Waals surface area contributed by atoms with E-state index in [4.69, 9.17) is 15.3 Å². The van der Waals surface area contributed by atoms with E-state index in [0.717, 1.165) is 28.9 Å². The number of methoxy groups -OCH3 is 2. The molecule has 3 unspecified atom stereocenters. The summed E-state index contributed by atoms with van der Waals surface area (Å²) in [5, 5.41) is 0. The average molecular weight is 276 g/mol. The average Bonchev–Trinajstić information content (AvgIpc) is 3.23. The van der Waals surface area contributed by atoms with Gasteiger partial charge in [0.2, 0.25) is 0 Å². The summed E-state index contributed by atoms with van der Waals surface area (Å²) in [5.41, 5.74) is 4.18. The molecule has 1 aromatic rings. The van der Waals surface area contributed by atoms with E-state index in [1.54, 1.807) is 14.2 Å². The number of hydrogen-bond donors (Lipinski definition) is 2. The number of nitrogens with two attached hydrogens (primary N) is 1. The standard InChI is InChI=1S/C16H24N2O2/c1-19-10-7-8-13(14(9-10)20-2)16(18-17)15-11-5-3-4-6-12(11)15/h7-9,11-12,15-16,18H,3-6,17H2,1-2H3. The molecule has 4 nitrogen and oxygen atoms in total. The van der Waals surface area contributed by atoms with Crippen molar-refractivity contribution in [2.45, 2.75) is 31.7 Å². The van der Waals surface area contributed by atoms with E-state index in [0.29, 0.717) is 5.92 Å². The van der Waals surface area contributed by atoms with Crippen molar-refractivity contribution in [2.24, 2.45) is 23.6 Å². The number of nitrogens with one attached hydrogen (secondary N) is 1. The van der Waals surface area contributed by atoms with Crippen LogP contribution in [0.2, 0.25) is 0 Å². The van der Waals surface area contributed by atoms with Gasteiger partial charge < -0.3 is 9.47 Å². The third-order valence-corrected chi connectivity index (χ3v) is 5.06. The zero-order valence-corrected chi connectivity index (χ0v) is 12.3. The van der Waals surface area contributed by atoms with Gasteiger partial charge in [-0.15, -0.1) is 0 Å². The normalized spacial score (nSPS) is 29.4. The van der Waals surface area contributed by atoms with Crippen LogP contribution >= 0.6 is 0 Å². The van der Waals surface area contributed by atoms with Crippen molar-refractivity contribution in [1.82, 2.24) is 5.43 Å². The summed E-state index contributed by atoms with van der Waals surface area (Å²) in [4.78, 5) is 0. The molecule has 110 valence electrons. The fourth-order valence-corrected chi connectivity index (χ4v) is 4.03. The van der Waals surface area contributed by atoms with Crippen LogP contribution in [0, 0.1) is 17.8 Å². The molecule has 0 aliphatic heterocycles. The summed E-state index contributed by atoms with van der Waals surface area (Å²) in [5.74, 6) is 9.87. The van der Waals surface area contributed by atoms with Crippen molar-refractivity contribution in [3.8, 4) is 11.5 Å². The third kappa shape index (κ3) is 2.27. The zero-order valence-electron chi connectivity index (χ0n) is 12.3. The van der Waals surface area contributed by atoms with E-state index in [9.17, 15) is 0 Å². The molecule has 1 aromatic carbocycles. The van der Waals surface area contributed by atoms with Crippen LogP contribution in [0.3, 0.4) is 0 Å². The highest BCUT2D eigenvalue weighted by atomic mass is 16.5. The first-order chi connectivity index (χ1) is 9.80. The van der Waals surface area contributed by atoms with Crippen LogP contribution < -0.4 is 20.7 Å². The van der Waals surface area contributed by atoms with Gasteiger partial charge in [-0.25, -0.2) is 0 Å². The minimum absolute atomic E-state index is 0.184. The van der Waals surface area contributed by atoms with Crippen LogP contribution in [-0.4, -0.2) is 14.2 Å². The molecular weight excluding hydrogens is 252 g/mol. The second-order valence-electron chi connectivity index (χ2n) is 5.94.